The van der Waals surface area contributed by atoms with Gasteiger partial charge in [0.2, 0.25) is 6.79 Å². The van der Waals surface area contributed by atoms with Crippen LogP contribution in [-0.2, 0) is 17.2 Å². The summed E-state index contributed by atoms with van der Waals surface area (Å²) in [6.45, 7) is 4.75. The number of ether oxygens (including phenoxy) is 2. The molecule has 2 aliphatic heterocycles. The van der Waals surface area contributed by atoms with E-state index in [1.807, 2.05) is 66.9 Å². The van der Waals surface area contributed by atoms with Gasteiger partial charge in [0.05, 0.1) is 5.69 Å². The SMILES string of the molecule is CN1/C(=C/P(=S)(Oc2ccc(C=Nc3ccc4c(c3)OCO4)cc2)c2ccccc2)C(C)(C)c2ccccc21. The molecule has 2 heterocycles. The fourth-order valence-electron chi connectivity index (χ4n) is 5.07. The molecule has 5 nitrogen and oxygen atoms in total. The molecule has 4 aromatic rings. The summed E-state index contributed by atoms with van der Waals surface area (Å²) in [5.41, 5.74) is 5.22. The monoisotopic (exact) mass is 552 g/mol. The Morgan fingerprint density at radius 1 is 0.897 bits per heavy atom. The van der Waals surface area contributed by atoms with Gasteiger partial charge in [-0.15, -0.1) is 0 Å². The lowest BCUT2D eigenvalue weighted by atomic mass is 9.84. The number of benzene rings is 4. The molecule has 39 heavy (non-hydrogen) atoms. The molecule has 0 bridgehead atoms. The maximum Gasteiger partial charge on any atom is 0.231 e. The first kappa shape index (κ1) is 25.4. The predicted octanol–water partition coefficient (Wildman–Crippen LogP) is 7.53. The average Bonchev–Trinajstić information content (AvgIpc) is 3.50. The maximum absolute atomic E-state index is 6.71. The molecule has 0 saturated carbocycles. The van der Waals surface area contributed by atoms with Crippen molar-refractivity contribution in [2.45, 2.75) is 19.3 Å². The van der Waals surface area contributed by atoms with E-state index >= 15 is 0 Å². The van der Waals surface area contributed by atoms with Crippen LogP contribution >= 0.6 is 6.26 Å². The lowest BCUT2D eigenvalue weighted by Crippen LogP contribution is -2.24. The van der Waals surface area contributed by atoms with E-state index in [4.69, 9.17) is 25.8 Å². The van der Waals surface area contributed by atoms with Crippen molar-refractivity contribution < 1.29 is 14.0 Å². The van der Waals surface area contributed by atoms with Crippen LogP contribution < -0.4 is 24.2 Å². The summed E-state index contributed by atoms with van der Waals surface area (Å²) in [4.78, 5) is 6.84. The number of fused-ring (bicyclic) bond motifs is 2. The first-order chi connectivity index (χ1) is 18.8. The molecule has 196 valence electrons. The van der Waals surface area contributed by atoms with Crippen LogP contribution in [0.1, 0.15) is 25.0 Å². The number of aliphatic imine (C=N–C) groups is 1. The van der Waals surface area contributed by atoms with E-state index in [1.54, 1.807) is 0 Å². The zero-order chi connectivity index (χ0) is 27.0. The maximum atomic E-state index is 6.71. The normalized spacial score (nSPS) is 17.8. The van der Waals surface area contributed by atoms with Crippen molar-refractivity contribution in [2.24, 2.45) is 4.99 Å². The van der Waals surface area contributed by atoms with Gasteiger partial charge in [-0.2, -0.15) is 0 Å². The van der Waals surface area contributed by atoms with Crippen molar-refractivity contribution in [3.05, 3.63) is 120 Å². The van der Waals surface area contributed by atoms with Crippen molar-refractivity contribution in [2.75, 3.05) is 18.7 Å². The van der Waals surface area contributed by atoms with Gasteiger partial charge >= 0.3 is 0 Å². The number of nitrogens with zero attached hydrogens (tertiary/aromatic N) is 2. The second-order valence-corrected chi connectivity index (χ2v) is 13.9. The van der Waals surface area contributed by atoms with Crippen LogP contribution in [0.4, 0.5) is 11.4 Å². The molecule has 0 radical (unpaired) electrons. The average molecular weight is 553 g/mol. The highest BCUT2D eigenvalue weighted by Crippen LogP contribution is 2.55. The van der Waals surface area contributed by atoms with Gasteiger partial charge in [-0.25, -0.2) is 0 Å². The van der Waals surface area contributed by atoms with E-state index in [0.717, 1.165) is 33.8 Å². The zero-order valence-corrected chi connectivity index (χ0v) is 23.8. The highest BCUT2D eigenvalue weighted by atomic mass is 32.4. The summed E-state index contributed by atoms with van der Waals surface area (Å²) in [5.74, 6) is 4.39. The lowest BCUT2D eigenvalue weighted by molar-refractivity contribution is 0.174. The molecule has 0 aliphatic carbocycles. The van der Waals surface area contributed by atoms with Crippen LogP contribution in [0, 0.1) is 0 Å². The molecule has 6 rings (SSSR count). The van der Waals surface area contributed by atoms with Crippen LogP contribution in [0.25, 0.3) is 0 Å². The molecule has 0 saturated heterocycles. The van der Waals surface area contributed by atoms with E-state index in [1.165, 1.54) is 11.3 Å². The standard InChI is InChI=1S/C32H29N2O3PS/c1-32(2)27-11-7-8-12-28(27)34(3)31(32)21-38(39,26-9-5-4-6-10-26)37-25-16-13-23(14-17-25)20-33-24-15-18-29-30(19-24)36-22-35-29/h4-21H,22H2,1-3H3/b31-21+,33-20?. The Morgan fingerprint density at radius 3 is 2.38 bits per heavy atom. The Kier molecular flexibility index (Phi) is 6.54. The summed E-state index contributed by atoms with van der Waals surface area (Å²) in [5, 5.41) is 1.01. The minimum atomic E-state index is -2.60. The number of hydrogen-bond donors (Lipinski definition) is 0. The third kappa shape index (κ3) is 4.87. The Labute approximate surface area is 234 Å². The van der Waals surface area contributed by atoms with Crippen molar-refractivity contribution in [1.82, 2.24) is 0 Å². The lowest BCUT2D eigenvalue weighted by Gasteiger charge is -2.28. The second-order valence-electron chi connectivity index (χ2n) is 10.1. The first-order valence-electron chi connectivity index (χ1n) is 12.8. The van der Waals surface area contributed by atoms with Crippen LogP contribution in [-0.4, -0.2) is 20.1 Å². The Hall–Kier alpha value is -3.86. The smallest absolute Gasteiger partial charge is 0.231 e. The molecule has 1 unspecified atom stereocenters. The molecule has 0 aromatic heterocycles. The highest BCUT2D eigenvalue weighted by Gasteiger charge is 2.40. The topological polar surface area (TPSA) is 43.3 Å². The first-order valence-corrected chi connectivity index (χ1v) is 15.6. The van der Waals surface area contributed by atoms with Gasteiger partial charge in [0, 0.05) is 47.2 Å². The Morgan fingerprint density at radius 2 is 1.62 bits per heavy atom. The quantitative estimate of drug-likeness (QED) is 0.183. The van der Waals surface area contributed by atoms with Crippen molar-refractivity contribution in [3.8, 4) is 17.2 Å². The molecule has 7 heteroatoms. The van der Waals surface area contributed by atoms with E-state index in [0.29, 0.717) is 5.75 Å². The molecule has 0 N–H and O–H groups in total. The molecular formula is C32H29N2O3PS. The highest BCUT2D eigenvalue weighted by molar-refractivity contribution is 8.17. The number of allylic oxidation sites excluding steroid dienone is 1. The molecule has 0 spiro atoms. The summed E-state index contributed by atoms with van der Waals surface area (Å²) in [6, 6.07) is 32.3. The summed E-state index contributed by atoms with van der Waals surface area (Å²) >= 11 is 6.38. The third-order valence-electron chi connectivity index (χ3n) is 7.19. The Balaban J connectivity index is 1.29. The van der Waals surface area contributed by atoms with Crippen molar-refractivity contribution >= 4 is 41.0 Å². The number of anilines is 1. The van der Waals surface area contributed by atoms with Gasteiger partial charge in [0.15, 0.2) is 17.8 Å². The van der Waals surface area contributed by atoms with Crippen LogP contribution in [0.3, 0.4) is 0 Å². The van der Waals surface area contributed by atoms with Gasteiger partial charge in [-0.3, -0.25) is 4.99 Å². The molecule has 1 atom stereocenters. The third-order valence-corrected chi connectivity index (χ3v) is 10.4. The molecular weight excluding hydrogens is 523 g/mol. The fraction of sp³-hybridized carbons (Fsp3) is 0.156. The minimum absolute atomic E-state index is 0.192. The van der Waals surface area contributed by atoms with Crippen LogP contribution in [0.2, 0.25) is 0 Å². The largest absolute Gasteiger partial charge is 0.458 e. The number of rotatable bonds is 6. The number of hydrogen-bond acceptors (Lipinski definition) is 6. The van der Waals surface area contributed by atoms with Gasteiger partial charge < -0.3 is 18.9 Å². The van der Waals surface area contributed by atoms with E-state index < -0.39 is 6.26 Å². The van der Waals surface area contributed by atoms with Gasteiger partial charge in [0.25, 0.3) is 0 Å². The summed E-state index contributed by atoms with van der Waals surface area (Å²) < 4.78 is 17.5. The molecule has 4 aromatic carbocycles. The Bertz CT molecular complexity index is 1630. The van der Waals surface area contributed by atoms with Gasteiger partial charge in [-0.05, 0) is 65.4 Å². The second kappa shape index (κ2) is 10.0. The zero-order valence-electron chi connectivity index (χ0n) is 22.1. The fourth-order valence-corrected chi connectivity index (χ4v) is 8.14. The molecule has 0 amide bonds. The molecule has 2 aliphatic rings. The van der Waals surface area contributed by atoms with Crippen LogP contribution in [0.15, 0.2) is 114 Å². The number of para-hydroxylation sites is 1. The number of likely N-dealkylation sites (N-methyl/N-ethyl adjacent to an activating group) is 1. The summed E-state index contributed by atoms with van der Waals surface area (Å²) in [6.07, 6.45) is -0.781. The van der Waals surface area contributed by atoms with Crippen LogP contribution in [0.5, 0.6) is 17.2 Å². The summed E-state index contributed by atoms with van der Waals surface area (Å²) in [7, 11) is 2.11. The molecule has 0 fully saturated rings. The van der Waals surface area contributed by atoms with Crippen molar-refractivity contribution in [1.29, 1.82) is 0 Å². The van der Waals surface area contributed by atoms with E-state index in [9.17, 15) is 0 Å². The van der Waals surface area contributed by atoms with Gasteiger partial charge in [-0.1, -0.05) is 62.4 Å². The van der Waals surface area contributed by atoms with Gasteiger partial charge in [0.1, 0.15) is 5.75 Å². The van der Waals surface area contributed by atoms with E-state index in [2.05, 4.69) is 73.0 Å². The van der Waals surface area contributed by atoms with Crippen molar-refractivity contribution in [3.63, 3.8) is 0 Å². The minimum Gasteiger partial charge on any atom is -0.458 e. The predicted molar refractivity (Wildman–Crippen MR) is 163 cm³/mol. The van der Waals surface area contributed by atoms with E-state index in [-0.39, 0.29) is 12.2 Å².